The van der Waals surface area contributed by atoms with Gasteiger partial charge in [-0.15, -0.1) is 11.3 Å². The molecule has 0 amide bonds. The topological polar surface area (TPSA) is 37.5 Å². The van der Waals surface area contributed by atoms with Crippen LogP contribution in [-0.4, -0.2) is 14.5 Å². The molecule has 8 aromatic rings. The molecule has 3 heterocycles. The summed E-state index contributed by atoms with van der Waals surface area (Å²) in [6.45, 7) is 0. The Morgan fingerprint density at radius 2 is 1.46 bits per heavy atom. The Labute approximate surface area is 204 Å². The van der Waals surface area contributed by atoms with Crippen molar-refractivity contribution in [1.82, 2.24) is 9.38 Å². The third-order valence-electron chi connectivity index (χ3n) is 7.05. The summed E-state index contributed by atoms with van der Waals surface area (Å²) >= 11 is 1.80. The van der Waals surface area contributed by atoms with Crippen LogP contribution in [0.4, 0.5) is 0 Å². The summed E-state index contributed by atoms with van der Waals surface area (Å²) in [5.74, 6) is 0.276. The fourth-order valence-corrected chi connectivity index (χ4v) is 6.68. The van der Waals surface area contributed by atoms with Gasteiger partial charge < -0.3 is 5.11 Å². The maximum Gasteiger partial charge on any atom is 0.156 e. The van der Waals surface area contributed by atoms with Crippen LogP contribution < -0.4 is 0 Å². The molecule has 0 unspecified atom stereocenters. The number of imidazole rings is 1. The first-order valence-corrected chi connectivity index (χ1v) is 12.4. The summed E-state index contributed by atoms with van der Waals surface area (Å²) in [6.07, 6.45) is 2.16. The van der Waals surface area contributed by atoms with Crippen molar-refractivity contribution < 1.29 is 5.11 Å². The van der Waals surface area contributed by atoms with Crippen LogP contribution in [0.5, 0.6) is 5.75 Å². The fraction of sp³-hybridized carbons (Fsp3) is 0. The summed E-state index contributed by atoms with van der Waals surface area (Å²) in [6, 6.07) is 33.5. The van der Waals surface area contributed by atoms with E-state index < -0.39 is 0 Å². The quantitative estimate of drug-likeness (QED) is 0.263. The molecule has 3 aromatic heterocycles. The van der Waals surface area contributed by atoms with Crippen molar-refractivity contribution in [2.75, 3.05) is 0 Å². The van der Waals surface area contributed by atoms with Gasteiger partial charge in [0, 0.05) is 21.7 Å². The van der Waals surface area contributed by atoms with E-state index in [2.05, 4.69) is 83.4 Å². The van der Waals surface area contributed by atoms with Crippen LogP contribution in [-0.2, 0) is 0 Å². The summed E-state index contributed by atoms with van der Waals surface area (Å²) in [4.78, 5) is 5.11. The molecule has 0 saturated heterocycles. The van der Waals surface area contributed by atoms with Gasteiger partial charge in [-0.25, -0.2) is 4.98 Å². The molecule has 0 atom stereocenters. The Kier molecular flexibility index (Phi) is 3.69. The monoisotopic (exact) mass is 466 g/mol. The van der Waals surface area contributed by atoms with Crippen LogP contribution in [0.25, 0.3) is 69.5 Å². The number of nitrogens with zero attached hydrogens (tertiary/aromatic N) is 2. The molecule has 3 nitrogen and oxygen atoms in total. The zero-order valence-electron chi connectivity index (χ0n) is 18.6. The van der Waals surface area contributed by atoms with Crippen LogP contribution in [0.1, 0.15) is 0 Å². The predicted molar refractivity (Wildman–Crippen MR) is 148 cm³/mol. The average Bonchev–Trinajstić information content (AvgIpc) is 3.44. The second kappa shape index (κ2) is 6.81. The van der Waals surface area contributed by atoms with E-state index in [9.17, 15) is 5.11 Å². The van der Waals surface area contributed by atoms with Crippen molar-refractivity contribution in [3.8, 4) is 16.9 Å². The minimum Gasteiger partial charge on any atom is -0.508 e. The molecule has 0 spiro atoms. The maximum atomic E-state index is 9.91. The lowest BCUT2D eigenvalue weighted by Crippen LogP contribution is -1.85. The highest BCUT2D eigenvalue weighted by atomic mass is 32.1. The molecular weight excluding hydrogens is 448 g/mol. The van der Waals surface area contributed by atoms with Crippen molar-refractivity contribution in [1.29, 1.82) is 0 Å². The first-order valence-electron chi connectivity index (χ1n) is 11.6. The number of phenolic OH excluding ortho intramolecular Hbond substituents is 1. The lowest BCUT2D eigenvalue weighted by molar-refractivity contribution is 0.475. The summed E-state index contributed by atoms with van der Waals surface area (Å²) in [7, 11) is 0. The lowest BCUT2D eigenvalue weighted by atomic mass is 9.93. The van der Waals surface area contributed by atoms with Gasteiger partial charge in [-0.3, -0.25) is 4.40 Å². The van der Waals surface area contributed by atoms with Crippen LogP contribution >= 0.6 is 11.3 Å². The van der Waals surface area contributed by atoms with Gasteiger partial charge in [-0.1, -0.05) is 60.7 Å². The Hall–Kier alpha value is -4.41. The second-order valence-electron chi connectivity index (χ2n) is 9.05. The molecule has 4 heteroatoms. The number of rotatable bonds is 1. The molecular formula is C31H18N2OS. The largest absolute Gasteiger partial charge is 0.508 e. The Balaban J connectivity index is 1.54. The number of phenols is 1. The number of hydrogen-bond donors (Lipinski definition) is 1. The highest BCUT2D eigenvalue weighted by Crippen LogP contribution is 2.45. The number of aromatic hydroxyl groups is 1. The molecule has 0 saturated carbocycles. The number of fused-ring (bicyclic) bond motifs is 9. The minimum absolute atomic E-state index is 0.276. The zero-order chi connectivity index (χ0) is 23.1. The summed E-state index contributed by atoms with van der Waals surface area (Å²) < 4.78 is 4.66. The molecule has 0 aliphatic rings. The van der Waals surface area contributed by atoms with E-state index in [1.165, 1.54) is 47.3 Å². The van der Waals surface area contributed by atoms with Crippen molar-refractivity contribution in [3.63, 3.8) is 0 Å². The Morgan fingerprint density at radius 3 is 2.29 bits per heavy atom. The summed E-state index contributed by atoms with van der Waals surface area (Å²) in [5.41, 5.74) is 5.44. The molecule has 0 aliphatic carbocycles. The number of thiophene rings is 1. The van der Waals surface area contributed by atoms with Crippen molar-refractivity contribution in [3.05, 3.63) is 103 Å². The van der Waals surface area contributed by atoms with Gasteiger partial charge >= 0.3 is 0 Å². The molecule has 0 bridgehead atoms. The van der Waals surface area contributed by atoms with E-state index in [1.807, 2.05) is 12.1 Å². The van der Waals surface area contributed by atoms with Gasteiger partial charge in [-0.05, 0) is 69.1 Å². The zero-order valence-corrected chi connectivity index (χ0v) is 19.4. The molecule has 0 aliphatic heterocycles. The van der Waals surface area contributed by atoms with Crippen LogP contribution in [0.15, 0.2) is 103 Å². The average molecular weight is 467 g/mol. The third-order valence-corrected chi connectivity index (χ3v) is 8.19. The molecule has 164 valence electrons. The normalized spacial score (nSPS) is 12.1. The van der Waals surface area contributed by atoms with Gasteiger partial charge in [0.05, 0.1) is 15.7 Å². The number of aromatic nitrogens is 2. The smallest absolute Gasteiger partial charge is 0.156 e. The highest BCUT2D eigenvalue weighted by Gasteiger charge is 2.18. The SMILES string of the molecule is Oc1ccc(-c2c3ccccc3cc3sc4c(ccn5c6cc7ccccc7cc6nc45)c23)cc1. The van der Waals surface area contributed by atoms with E-state index in [0.717, 1.165) is 22.2 Å². The molecule has 0 fully saturated rings. The van der Waals surface area contributed by atoms with Crippen molar-refractivity contribution >= 4 is 69.7 Å². The third kappa shape index (κ3) is 2.63. The molecule has 5 aromatic carbocycles. The van der Waals surface area contributed by atoms with E-state index >= 15 is 0 Å². The number of hydrogen-bond acceptors (Lipinski definition) is 3. The highest BCUT2D eigenvalue weighted by molar-refractivity contribution is 7.26. The van der Waals surface area contributed by atoms with Gasteiger partial charge in [0.1, 0.15) is 5.75 Å². The van der Waals surface area contributed by atoms with Gasteiger partial charge in [0.15, 0.2) is 5.65 Å². The summed E-state index contributed by atoms with van der Waals surface area (Å²) in [5, 5.41) is 17.2. The second-order valence-corrected chi connectivity index (χ2v) is 10.1. The first kappa shape index (κ1) is 19.0. The first-order chi connectivity index (χ1) is 17.2. The Bertz CT molecular complexity index is 2120. The molecule has 8 rings (SSSR count). The van der Waals surface area contributed by atoms with Gasteiger partial charge in [0.25, 0.3) is 0 Å². The van der Waals surface area contributed by atoms with E-state index in [1.54, 1.807) is 23.5 Å². The molecule has 0 radical (unpaired) electrons. The van der Waals surface area contributed by atoms with Crippen LogP contribution in [0.2, 0.25) is 0 Å². The molecule has 1 N–H and O–H groups in total. The fourth-order valence-electron chi connectivity index (χ4n) is 5.44. The van der Waals surface area contributed by atoms with Crippen LogP contribution in [0, 0.1) is 0 Å². The van der Waals surface area contributed by atoms with Crippen molar-refractivity contribution in [2.24, 2.45) is 0 Å². The Morgan fingerprint density at radius 1 is 0.714 bits per heavy atom. The number of pyridine rings is 1. The number of benzene rings is 5. The molecule has 35 heavy (non-hydrogen) atoms. The van der Waals surface area contributed by atoms with Crippen molar-refractivity contribution in [2.45, 2.75) is 0 Å². The minimum atomic E-state index is 0.276. The maximum absolute atomic E-state index is 9.91. The predicted octanol–water partition coefficient (Wildman–Crippen LogP) is 8.53. The van der Waals surface area contributed by atoms with Gasteiger partial charge in [0.2, 0.25) is 0 Å². The van der Waals surface area contributed by atoms with Gasteiger partial charge in [-0.2, -0.15) is 0 Å². The lowest BCUT2D eigenvalue weighted by Gasteiger charge is -2.10. The standard InChI is InChI=1S/C31H18N2OS/c34-22-11-9-18(10-12-22)28-23-8-4-3-7-21(23)17-27-29(28)24-13-14-33-26-16-20-6-2-1-5-19(20)15-25(26)32-31(33)30(24)35-27/h1-17,34H. The van der Waals surface area contributed by atoms with E-state index in [-0.39, 0.29) is 5.75 Å². The van der Waals surface area contributed by atoms with Crippen LogP contribution in [0.3, 0.4) is 0 Å². The van der Waals surface area contributed by atoms with E-state index in [0.29, 0.717) is 0 Å². The van der Waals surface area contributed by atoms with E-state index in [4.69, 9.17) is 4.98 Å².